The quantitative estimate of drug-likeness (QED) is 0.197. The van der Waals surface area contributed by atoms with Crippen LogP contribution in [0, 0.1) is 0 Å². The van der Waals surface area contributed by atoms with Gasteiger partial charge in [0, 0.05) is 50.3 Å². The number of ether oxygens (including phenoxy) is 2. The number of nitrogens with zero attached hydrogens (tertiary/aromatic N) is 3. The van der Waals surface area contributed by atoms with Gasteiger partial charge in [-0.15, -0.1) is 0 Å². The van der Waals surface area contributed by atoms with E-state index in [-0.39, 0.29) is 27.7 Å². The highest BCUT2D eigenvalue weighted by Gasteiger charge is 2.47. The number of anilines is 3. The molecular formula is C31H34ClN3O5. The number of carbonyl (C=O) groups excluding carboxylic acids is 2. The van der Waals surface area contributed by atoms with Crippen molar-refractivity contribution in [1.82, 2.24) is 0 Å². The summed E-state index contributed by atoms with van der Waals surface area (Å²) in [6, 6.07) is 17.1. The zero-order chi connectivity index (χ0) is 29.1. The third-order valence-corrected chi connectivity index (χ3v) is 7.45. The number of Topliss-reactive ketones (excluding diaryl/α,β-unsaturated/α-hetero) is 1. The third-order valence-electron chi connectivity index (χ3n) is 7.16. The lowest BCUT2D eigenvalue weighted by atomic mass is 9.94. The van der Waals surface area contributed by atoms with E-state index >= 15 is 0 Å². The van der Waals surface area contributed by atoms with Gasteiger partial charge in [0.05, 0.1) is 36.4 Å². The van der Waals surface area contributed by atoms with Gasteiger partial charge in [0.1, 0.15) is 17.3 Å². The van der Waals surface area contributed by atoms with E-state index < -0.39 is 17.7 Å². The van der Waals surface area contributed by atoms with Crippen LogP contribution in [0.15, 0.2) is 66.2 Å². The Hall–Kier alpha value is -4.17. The molecule has 1 heterocycles. The zero-order valence-electron chi connectivity index (χ0n) is 23.6. The molecule has 1 atom stereocenters. The lowest BCUT2D eigenvalue weighted by Crippen LogP contribution is -2.29. The Morgan fingerprint density at radius 2 is 1.48 bits per heavy atom. The predicted octanol–water partition coefficient (Wildman–Crippen LogP) is 5.90. The van der Waals surface area contributed by atoms with E-state index in [1.54, 1.807) is 12.1 Å². The molecule has 0 bridgehead atoms. The summed E-state index contributed by atoms with van der Waals surface area (Å²) in [5.74, 6) is -1.34. The van der Waals surface area contributed by atoms with Gasteiger partial charge in [0.25, 0.3) is 11.7 Å². The van der Waals surface area contributed by atoms with Crippen LogP contribution in [-0.2, 0) is 9.59 Å². The fraction of sp³-hybridized carbons (Fsp3) is 0.290. The number of halogens is 1. The van der Waals surface area contributed by atoms with Crippen molar-refractivity contribution in [3.05, 3.63) is 82.4 Å². The summed E-state index contributed by atoms with van der Waals surface area (Å²) >= 11 is 6.38. The van der Waals surface area contributed by atoms with Gasteiger partial charge >= 0.3 is 0 Å². The number of benzene rings is 3. The summed E-state index contributed by atoms with van der Waals surface area (Å²) in [7, 11) is 6.75. The number of hydrogen-bond donors (Lipinski definition) is 1. The maximum atomic E-state index is 13.6. The van der Waals surface area contributed by atoms with E-state index in [9.17, 15) is 14.7 Å². The highest BCUT2D eigenvalue weighted by molar-refractivity contribution is 6.51. The molecule has 8 nitrogen and oxygen atoms in total. The van der Waals surface area contributed by atoms with Crippen LogP contribution in [0.25, 0.3) is 5.76 Å². The summed E-state index contributed by atoms with van der Waals surface area (Å²) in [6.07, 6.45) is 0. The smallest absolute Gasteiger partial charge is 0.300 e. The molecule has 0 saturated carbocycles. The Kier molecular flexibility index (Phi) is 8.59. The molecule has 1 saturated heterocycles. The molecule has 3 aromatic rings. The van der Waals surface area contributed by atoms with E-state index in [0.29, 0.717) is 17.0 Å². The van der Waals surface area contributed by atoms with E-state index in [4.69, 9.17) is 21.1 Å². The molecule has 1 unspecified atom stereocenters. The van der Waals surface area contributed by atoms with Crippen LogP contribution in [0.4, 0.5) is 17.1 Å². The summed E-state index contributed by atoms with van der Waals surface area (Å²) in [5.41, 5.74) is 3.29. The maximum Gasteiger partial charge on any atom is 0.300 e. The largest absolute Gasteiger partial charge is 0.507 e. The number of carbonyl (C=O) groups is 2. The van der Waals surface area contributed by atoms with Crippen molar-refractivity contribution in [3.63, 3.8) is 0 Å². The zero-order valence-corrected chi connectivity index (χ0v) is 24.3. The van der Waals surface area contributed by atoms with Crippen LogP contribution >= 0.6 is 11.6 Å². The molecular weight excluding hydrogens is 530 g/mol. The average Bonchev–Trinajstić information content (AvgIpc) is 3.23. The summed E-state index contributed by atoms with van der Waals surface area (Å²) < 4.78 is 10.8. The van der Waals surface area contributed by atoms with Crippen molar-refractivity contribution >= 4 is 46.1 Å². The Morgan fingerprint density at radius 3 is 2.00 bits per heavy atom. The molecule has 3 aromatic carbocycles. The SMILES string of the molecule is CCN(CC)c1ccc(C2/C(=C(\O)c3cc(Cl)c(OC)cc3OC)C(=O)C(=O)N2c2ccc(N(C)C)cc2)cc1. The van der Waals surface area contributed by atoms with Gasteiger partial charge in [-0.1, -0.05) is 23.7 Å². The molecule has 210 valence electrons. The minimum atomic E-state index is -0.887. The van der Waals surface area contributed by atoms with E-state index in [1.165, 1.54) is 31.3 Å². The Bertz CT molecular complexity index is 1430. The molecule has 0 aliphatic carbocycles. The van der Waals surface area contributed by atoms with E-state index in [2.05, 4.69) is 18.7 Å². The fourth-order valence-electron chi connectivity index (χ4n) is 4.97. The molecule has 1 aliphatic rings. The minimum Gasteiger partial charge on any atom is -0.507 e. The lowest BCUT2D eigenvalue weighted by molar-refractivity contribution is -0.132. The molecule has 0 radical (unpaired) electrons. The monoisotopic (exact) mass is 563 g/mol. The topological polar surface area (TPSA) is 82.5 Å². The van der Waals surface area contributed by atoms with E-state index in [0.717, 1.165) is 24.5 Å². The van der Waals surface area contributed by atoms with Gasteiger partial charge in [0.15, 0.2) is 0 Å². The molecule has 1 N–H and O–H groups in total. The Labute approximate surface area is 240 Å². The van der Waals surface area contributed by atoms with Crippen molar-refractivity contribution in [1.29, 1.82) is 0 Å². The second-order valence-corrected chi connectivity index (χ2v) is 9.94. The molecule has 4 rings (SSSR count). The molecule has 1 fully saturated rings. The van der Waals surface area contributed by atoms with Crippen LogP contribution in [0.1, 0.15) is 31.0 Å². The molecule has 0 spiro atoms. The molecule has 1 aliphatic heterocycles. The average molecular weight is 564 g/mol. The summed E-state index contributed by atoms with van der Waals surface area (Å²) in [4.78, 5) is 32.8. The van der Waals surface area contributed by atoms with Crippen LogP contribution in [0.3, 0.4) is 0 Å². The van der Waals surface area contributed by atoms with Gasteiger partial charge in [-0.25, -0.2) is 0 Å². The normalized spacial score (nSPS) is 16.3. The number of rotatable bonds is 9. The van der Waals surface area contributed by atoms with Crippen molar-refractivity contribution in [3.8, 4) is 11.5 Å². The minimum absolute atomic E-state index is 0.0585. The van der Waals surface area contributed by atoms with Gasteiger partial charge < -0.3 is 24.4 Å². The summed E-state index contributed by atoms with van der Waals surface area (Å²) in [5, 5.41) is 11.8. The maximum absolute atomic E-state index is 13.6. The Morgan fingerprint density at radius 1 is 0.900 bits per heavy atom. The second kappa shape index (κ2) is 11.9. The lowest BCUT2D eigenvalue weighted by Gasteiger charge is -2.27. The van der Waals surface area contributed by atoms with Crippen molar-refractivity contribution < 1.29 is 24.2 Å². The van der Waals surface area contributed by atoms with Gasteiger partial charge in [-0.2, -0.15) is 0 Å². The first kappa shape index (κ1) is 28.8. The molecule has 9 heteroatoms. The van der Waals surface area contributed by atoms with Gasteiger partial charge in [0.2, 0.25) is 0 Å². The number of aliphatic hydroxyl groups excluding tert-OH is 1. The highest BCUT2D eigenvalue weighted by Crippen LogP contribution is 2.45. The predicted molar refractivity (Wildman–Crippen MR) is 160 cm³/mol. The number of aliphatic hydroxyl groups is 1. The van der Waals surface area contributed by atoms with Crippen LogP contribution in [0.5, 0.6) is 11.5 Å². The first-order valence-electron chi connectivity index (χ1n) is 13.0. The second-order valence-electron chi connectivity index (χ2n) is 9.53. The van der Waals surface area contributed by atoms with Crippen LogP contribution in [0.2, 0.25) is 5.02 Å². The number of methoxy groups -OCH3 is 2. The standard InChI is InChI=1S/C31H34ClN3O5/c1-7-34(8-2)21-11-9-19(10-12-21)28-27(29(36)23-17-24(32)26(40-6)18-25(23)39-5)30(37)31(38)35(28)22-15-13-20(14-16-22)33(3)4/h9-18,28,36H,7-8H2,1-6H3/b29-27+. The first-order chi connectivity index (χ1) is 19.2. The highest BCUT2D eigenvalue weighted by atomic mass is 35.5. The molecule has 0 aromatic heterocycles. The number of ketones is 1. The van der Waals surface area contributed by atoms with Crippen LogP contribution < -0.4 is 24.2 Å². The number of amides is 1. The van der Waals surface area contributed by atoms with Crippen molar-refractivity contribution in [2.75, 3.05) is 56.1 Å². The van der Waals surface area contributed by atoms with Crippen molar-refractivity contribution in [2.24, 2.45) is 0 Å². The third kappa shape index (κ3) is 5.19. The first-order valence-corrected chi connectivity index (χ1v) is 13.4. The molecule has 1 amide bonds. The van der Waals surface area contributed by atoms with Gasteiger partial charge in [-0.3, -0.25) is 14.5 Å². The fourth-order valence-corrected chi connectivity index (χ4v) is 5.21. The van der Waals surface area contributed by atoms with Gasteiger partial charge in [-0.05, 0) is 61.9 Å². The summed E-state index contributed by atoms with van der Waals surface area (Å²) in [6.45, 7) is 5.84. The van der Waals surface area contributed by atoms with Crippen LogP contribution in [-0.4, -0.2) is 58.2 Å². The van der Waals surface area contributed by atoms with Crippen molar-refractivity contribution in [2.45, 2.75) is 19.9 Å². The number of hydrogen-bond acceptors (Lipinski definition) is 7. The molecule has 40 heavy (non-hydrogen) atoms. The van der Waals surface area contributed by atoms with E-state index in [1.807, 2.05) is 55.4 Å². The Balaban J connectivity index is 1.94.